The molecule has 3 aliphatic carbocycles. The Bertz CT molecular complexity index is 1440. The first-order chi connectivity index (χ1) is 22.7. The Hall–Kier alpha value is -2.96. The van der Waals surface area contributed by atoms with Crippen LogP contribution in [0.1, 0.15) is 70.8 Å². The molecule has 48 heavy (non-hydrogen) atoms. The molecule has 10 nitrogen and oxygen atoms in total. The molecule has 3 amide bonds. The van der Waals surface area contributed by atoms with Crippen LogP contribution in [0, 0.1) is 23.6 Å². The summed E-state index contributed by atoms with van der Waals surface area (Å²) in [5.74, 6) is -2.70. The summed E-state index contributed by atoms with van der Waals surface area (Å²) < 4.78 is 38.7. The number of halogens is 2. The van der Waals surface area contributed by atoms with E-state index in [-0.39, 0.29) is 59.3 Å². The lowest BCUT2D eigenvalue weighted by molar-refractivity contribution is -0.942. The van der Waals surface area contributed by atoms with E-state index in [1.807, 2.05) is 20.9 Å². The van der Waals surface area contributed by atoms with Crippen molar-refractivity contribution >= 4 is 29.7 Å². The summed E-state index contributed by atoms with van der Waals surface area (Å²) in [4.78, 5) is 59.5. The molecule has 0 aromatic heterocycles. The van der Waals surface area contributed by atoms with Gasteiger partial charge < -0.3 is 29.7 Å². The average Bonchev–Trinajstić information content (AvgIpc) is 3.93. The highest BCUT2D eigenvalue weighted by atomic mass is 19.1. The SMILES string of the molecule is CC[C@](C=O)(C[N+]1(C)C2CC2(F)C(=O)N[C@@H](C(C2CC2)C2CC2)C(=O)Nc2ccc(cc2F)[C@H](C)[C@@H]1C(=O)N1CCN(C)[C@H](C)C1)OC. The molecule has 3 aliphatic heterocycles. The Labute approximate surface area is 282 Å². The van der Waals surface area contributed by atoms with E-state index in [2.05, 4.69) is 15.5 Å². The number of aldehydes is 1. The Morgan fingerprint density at radius 3 is 2.40 bits per heavy atom. The molecular weight excluding hydrogens is 620 g/mol. The van der Waals surface area contributed by atoms with E-state index in [1.165, 1.54) is 19.2 Å². The third-order valence-corrected chi connectivity index (χ3v) is 12.5. The molecule has 1 aromatic carbocycles. The third-order valence-electron chi connectivity index (χ3n) is 12.5. The van der Waals surface area contributed by atoms with Crippen molar-refractivity contribution < 1.29 is 37.2 Å². The van der Waals surface area contributed by atoms with Crippen molar-refractivity contribution in [1.29, 1.82) is 0 Å². The fourth-order valence-corrected chi connectivity index (χ4v) is 8.82. The number of carbonyl (C=O) groups is 4. The topological polar surface area (TPSA) is 108 Å². The molecule has 1 aromatic rings. The van der Waals surface area contributed by atoms with Crippen LogP contribution in [0.4, 0.5) is 14.5 Å². The van der Waals surface area contributed by atoms with Crippen molar-refractivity contribution in [3.8, 4) is 0 Å². The van der Waals surface area contributed by atoms with Crippen LogP contribution in [-0.2, 0) is 23.9 Å². The number of alkyl halides is 1. The number of hydrogen-bond acceptors (Lipinski definition) is 6. The van der Waals surface area contributed by atoms with E-state index in [0.717, 1.165) is 25.7 Å². The van der Waals surface area contributed by atoms with Crippen molar-refractivity contribution in [2.45, 2.75) is 101 Å². The lowest BCUT2D eigenvalue weighted by Crippen LogP contribution is -2.69. The molecule has 2 bridgehead atoms. The molecule has 4 fully saturated rings. The molecule has 3 heterocycles. The van der Waals surface area contributed by atoms with Crippen LogP contribution < -0.4 is 10.6 Å². The lowest BCUT2D eigenvalue weighted by atomic mass is 9.86. The maximum absolute atomic E-state index is 17.3. The molecule has 3 saturated carbocycles. The smallest absolute Gasteiger partial charge is 0.281 e. The third kappa shape index (κ3) is 6.17. The van der Waals surface area contributed by atoms with Crippen molar-refractivity contribution in [2.24, 2.45) is 17.8 Å². The monoisotopic (exact) mass is 672 g/mol. The van der Waals surface area contributed by atoms with E-state index in [9.17, 15) is 19.2 Å². The highest BCUT2D eigenvalue weighted by Crippen LogP contribution is 2.54. The zero-order valence-electron chi connectivity index (χ0n) is 29.1. The number of benzene rings is 1. The molecule has 8 atom stereocenters. The lowest BCUT2D eigenvalue weighted by Gasteiger charge is -2.49. The van der Waals surface area contributed by atoms with Gasteiger partial charge >= 0.3 is 0 Å². The summed E-state index contributed by atoms with van der Waals surface area (Å²) in [7, 11) is 5.16. The van der Waals surface area contributed by atoms with E-state index in [4.69, 9.17) is 4.74 Å². The fraction of sp³-hybridized carbons (Fsp3) is 0.722. The number of likely N-dealkylation sites (N-methyl/N-ethyl adjacent to an activating group) is 2. The van der Waals surface area contributed by atoms with Gasteiger partial charge in [-0.1, -0.05) is 19.9 Å². The Morgan fingerprint density at radius 1 is 1.19 bits per heavy atom. The van der Waals surface area contributed by atoms with Gasteiger partial charge in [0.15, 0.2) is 17.9 Å². The second-order valence-electron chi connectivity index (χ2n) is 15.6. The minimum atomic E-state index is -2.40. The molecule has 2 N–H and O–H groups in total. The number of carbonyl (C=O) groups excluding carboxylic acids is 4. The molecule has 12 heteroatoms. The van der Waals surface area contributed by atoms with Gasteiger partial charge in [-0.3, -0.25) is 19.2 Å². The molecule has 3 unspecified atom stereocenters. The fourth-order valence-electron chi connectivity index (χ4n) is 8.82. The van der Waals surface area contributed by atoms with Gasteiger partial charge in [0.2, 0.25) is 11.6 Å². The van der Waals surface area contributed by atoms with Crippen LogP contribution in [0.2, 0.25) is 0 Å². The second kappa shape index (κ2) is 12.7. The number of piperazine rings is 1. The number of ether oxygens (including phenoxy) is 1. The molecule has 6 aliphatic rings. The Morgan fingerprint density at radius 2 is 1.85 bits per heavy atom. The minimum absolute atomic E-state index is 0.0322. The number of nitrogens with zero attached hydrogens (tertiary/aromatic N) is 3. The maximum Gasteiger partial charge on any atom is 0.281 e. The van der Waals surface area contributed by atoms with Crippen LogP contribution in [0.15, 0.2) is 18.2 Å². The van der Waals surface area contributed by atoms with Crippen LogP contribution in [0.25, 0.3) is 0 Å². The summed E-state index contributed by atoms with van der Waals surface area (Å²) in [5, 5.41) is 5.52. The van der Waals surface area contributed by atoms with E-state index in [0.29, 0.717) is 31.5 Å². The summed E-state index contributed by atoms with van der Waals surface area (Å²) in [5.41, 5.74) is -3.30. The Balaban J connectivity index is 1.49. The molecule has 0 radical (unpaired) electrons. The van der Waals surface area contributed by atoms with Crippen molar-refractivity contribution in [3.05, 3.63) is 29.6 Å². The van der Waals surface area contributed by atoms with Gasteiger partial charge in [-0.05, 0) is 81.5 Å². The van der Waals surface area contributed by atoms with Gasteiger partial charge in [-0.15, -0.1) is 0 Å². The van der Waals surface area contributed by atoms with Gasteiger partial charge in [-0.25, -0.2) is 8.78 Å². The van der Waals surface area contributed by atoms with Crippen LogP contribution in [0.3, 0.4) is 0 Å². The van der Waals surface area contributed by atoms with E-state index in [1.54, 1.807) is 24.9 Å². The number of fused-ring (bicyclic) bond motifs is 8. The number of rotatable bonds is 9. The molecule has 1 saturated heterocycles. The van der Waals surface area contributed by atoms with Gasteiger partial charge in [0, 0.05) is 38.7 Å². The second-order valence-corrected chi connectivity index (χ2v) is 15.6. The summed E-state index contributed by atoms with van der Waals surface area (Å²) in [6, 6.07) is 1.60. The number of methoxy groups -OCH3 is 1. The van der Waals surface area contributed by atoms with Gasteiger partial charge in [0.25, 0.3) is 11.8 Å². The summed E-state index contributed by atoms with van der Waals surface area (Å²) in [6.07, 6.45) is 4.49. The molecule has 7 rings (SSSR count). The quantitative estimate of drug-likeness (QED) is 0.308. The first-order valence-corrected chi connectivity index (χ1v) is 17.7. The number of anilines is 1. The zero-order chi connectivity index (χ0) is 34.8. The van der Waals surface area contributed by atoms with Gasteiger partial charge in [-0.2, -0.15) is 0 Å². The number of nitrogens with one attached hydrogen (secondary N) is 2. The number of hydrogen-bond donors (Lipinski definition) is 2. The highest BCUT2D eigenvalue weighted by molar-refractivity contribution is 6.00. The number of quaternary nitrogens is 1. The largest absolute Gasteiger partial charge is 0.365 e. The molecule has 0 spiro atoms. The van der Waals surface area contributed by atoms with Crippen molar-refractivity contribution in [2.75, 3.05) is 52.7 Å². The maximum atomic E-state index is 17.3. The molecular formula is C36H52F2N5O5+. The zero-order valence-corrected chi connectivity index (χ0v) is 29.1. The summed E-state index contributed by atoms with van der Waals surface area (Å²) >= 11 is 0. The normalized spacial score (nSPS) is 35.7. The summed E-state index contributed by atoms with van der Waals surface area (Å²) in [6.45, 7) is 7.13. The van der Waals surface area contributed by atoms with E-state index < -0.39 is 52.9 Å². The van der Waals surface area contributed by atoms with Gasteiger partial charge in [0.1, 0.15) is 24.4 Å². The first kappa shape index (κ1) is 34.9. The van der Waals surface area contributed by atoms with Crippen LogP contribution in [-0.4, -0.2) is 121 Å². The Kier molecular flexibility index (Phi) is 9.26. The van der Waals surface area contributed by atoms with Crippen molar-refractivity contribution in [3.63, 3.8) is 0 Å². The van der Waals surface area contributed by atoms with Crippen LogP contribution in [0.5, 0.6) is 0 Å². The standard InChI is InChI=1S/C36H51F2N5O5/c1-7-35(20-44,48-6)19-43(5)28-17-36(28,38)34(47)40-30(29(23-8-9-23)24-10-11-24)32(45)39-27-13-12-25(16-26(27)37)22(3)31(43)33(46)42-15-14-41(4)21(2)18-42/h12-13,16,20-24,28-31H,7-11,14-15,17-19H2,1-6H3,(H-,39,40,45,47)/p+1/t21-,22+,28?,30+,31-,35-,36?,43?/m1/s1. The predicted molar refractivity (Wildman–Crippen MR) is 176 cm³/mol. The van der Waals surface area contributed by atoms with E-state index >= 15 is 8.78 Å². The van der Waals surface area contributed by atoms with Crippen molar-refractivity contribution in [1.82, 2.24) is 15.1 Å². The molecule has 264 valence electrons. The highest BCUT2D eigenvalue weighted by Gasteiger charge is 2.74. The number of amides is 3. The minimum Gasteiger partial charge on any atom is -0.365 e. The average molecular weight is 673 g/mol. The van der Waals surface area contributed by atoms with Gasteiger partial charge in [0.05, 0.1) is 19.2 Å². The first-order valence-electron chi connectivity index (χ1n) is 17.7. The van der Waals surface area contributed by atoms with Crippen LogP contribution >= 0.6 is 0 Å². The predicted octanol–water partition coefficient (Wildman–Crippen LogP) is 3.25.